The number of esters is 3. The van der Waals surface area contributed by atoms with Crippen LogP contribution >= 0.6 is 0 Å². The molecular weight excluding hydrogens is 564 g/mol. The van der Waals surface area contributed by atoms with Crippen LogP contribution in [0.25, 0.3) is 0 Å². The van der Waals surface area contributed by atoms with Gasteiger partial charge in [0.2, 0.25) is 5.91 Å². The molecular formula is C30H44N2O11. The number of hydrogen-bond donors (Lipinski definition) is 5. The molecule has 2 aliphatic rings. The third kappa shape index (κ3) is 9.19. The lowest BCUT2D eigenvalue weighted by molar-refractivity contribution is -0.222. The highest BCUT2D eigenvalue weighted by atomic mass is 16.6. The number of carbonyl (C=O) groups is 4. The molecule has 2 fully saturated rings. The van der Waals surface area contributed by atoms with Crippen LogP contribution in [0.1, 0.15) is 46.1 Å². The molecule has 0 aliphatic heterocycles. The summed E-state index contributed by atoms with van der Waals surface area (Å²) in [5, 5.41) is 34.1. The quantitative estimate of drug-likeness (QED) is 0.161. The van der Waals surface area contributed by atoms with Crippen molar-refractivity contribution in [3.8, 4) is 0 Å². The van der Waals surface area contributed by atoms with Crippen molar-refractivity contribution in [2.24, 2.45) is 23.5 Å². The summed E-state index contributed by atoms with van der Waals surface area (Å²) in [6.45, 7) is 4.59. The van der Waals surface area contributed by atoms with Gasteiger partial charge in [-0.15, -0.1) is 0 Å². The Balaban J connectivity index is 1.95. The first-order valence-electron chi connectivity index (χ1n) is 14.5. The monoisotopic (exact) mass is 608 g/mol. The van der Waals surface area contributed by atoms with E-state index in [1.54, 1.807) is 6.92 Å². The molecule has 240 valence electrons. The zero-order chi connectivity index (χ0) is 31.8. The minimum atomic E-state index is -1.28. The second-order valence-electron chi connectivity index (χ2n) is 11.5. The van der Waals surface area contributed by atoms with Crippen LogP contribution in [0.5, 0.6) is 0 Å². The van der Waals surface area contributed by atoms with E-state index in [1.165, 1.54) is 13.8 Å². The number of nitrogens with one attached hydrogen (secondary N) is 1. The van der Waals surface area contributed by atoms with E-state index in [2.05, 4.69) is 5.32 Å². The van der Waals surface area contributed by atoms with Crippen molar-refractivity contribution in [3.63, 3.8) is 0 Å². The Morgan fingerprint density at radius 1 is 0.953 bits per heavy atom. The highest BCUT2D eigenvalue weighted by Gasteiger charge is 2.52. The van der Waals surface area contributed by atoms with Gasteiger partial charge in [-0.3, -0.25) is 19.2 Å². The molecule has 13 heteroatoms. The van der Waals surface area contributed by atoms with Crippen LogP contribution in [0.15, 0.2) is 30.3 Å². The molecule has 43 heavy (non-hydrogen) atoms. The average Bonchev–Trinajstić information content (AvgIpc) is 2.94. The zero-order valence-electron chi connectivity index (χ0n) is 25.0. The first-order chi connectivity index (χ1) is 20.3. The standard InChI is InChI=1S/C30H44N2O11/c1-15-23(37)12-24(21(13-33)27(15)38)43-25-11-20(14-40-16(2)34)26(29(42-18(4)36)28(25)41-17(3)35)32-30(39)22(31)10-19-8-6-5-7-9-19/h5-9,15,20-29,33,37-38H,10-14,31H2,1-4H3,(H,32,39)/t15?,20?,21?,22-,23?,24?,25?,26?,27?,28?,29?/m1/s1. The second kappa shape index (κ2) is 15.6. The number of aliphatic hydroxyl groups is 3. The molecule has 0 spiro atoms. The van der Waals surface area contributed by atoms with Crippen LogP contribution in [0, 0.1) is 17.8 Å². The number of carbonyl (C=O) groups excluding carboxylic acids is 4. The summed E-state index contributed by atoms with van der Waals surface area (Å²) in [6, 6.07) is 7.17. The van der Waals surface area contributed by atoms with E-state index in [4.69, 9.17) is 24.7 Å². The average molecular weight is 609 g/mol. The fourth-order valence-corrected chi connectivity index (χ4v) is 5.96. The predicted octanol–water partition coefficient (Wildman–Crippen LogP) is -0.388. The molecule has 2 saturated carbocycles. The fraction of sp³-hybridized carbons (Fsp3) is 0.667. The molecule has 0 heterocycles. The summed E-state index contributed by atoms with van der Waals surface area (Å²) in [6.07, 6.45) is -6.02. The fourth-order valence-electron chi connectivity index (χ4n) is 5.96. The molecule has 0 radical (unpaired) electrons. The number of nitrogens with two attached hydrogens (primary N) is 1. The van der Waals surface area contributed by atoms with Crippen molar-refractivity contribution < 1.29 is 53.4 Å². The topological polar surface area (TPSA) is 204 Å². The Morgan fingerprint density at radius 2 is 1.58 bits per heavy atom. The van der Waals surface area contributed by atoms with Crippen molar-refractivity contribution in [3.05, 3.63) is 35.9 Å². The summed E-state index contributed by atoms with van der Waals surface area (Å²) in [7, 11) is 0. The number of benzene rings is 1. The van der Waals surface area contributed by atoms with Gasteiger partial charge in [0.1, 0.15) is 0 Å². The van der Waals surface area contributed by atoms with Crippen molar-refractivity contribution in [2.45, 2.75) is 95.7 Å². The van der Waals surface area contributed by atoms with Crippen LogP contribution in [-0.4, -0.2) is 101 Å². The van der Waals surface area contributed by atoms with Gasteiger partial charge in [0.25, 0.3) is 0 Å². The number of ether oxygens (including phenoxy) is 4. The molecule has 1 aromatic rings. The maximum atomic E-state index is 13.3. The molecule has 3 rings (SSSR count). The third-order valence-corrected chi connectivity index (χ3v) is 8.23. The molecule has 1 aromatic carbocycles. The van der Waals surface area contributed by atoms with Crippen LogP contribution in [0.4, 0.5) is 0 Å². The maximum absolute atomic E-state index is 13.3. The molecule has 11 atom stereocenters. The number of amides is 1. The molecule has 10 unspecified atom stereocenters. The van der Waals surface area contributed by atoms with E-state index >= 15 is 0 Å². The summed E-state index contributed by atoms with van der Waals surface area (Å²) in [5.74, 6) is -4.55. The third-order valence-electron chi connectivity index (χ3n) is 8.23. The highest BCUT2D eigenvalue weighted by Crippen LogP contribution is 2.38. The van der Waals surface area contributed by atoms with E-state index in [1.807, 2.05) is 30.3 Å². The SMILES string of the molecule is CC(=O)OCC1CC(OC2CC(O)C(C)C(O)C2CO)C(OC(C)=O)C(OC(C)=O)C1NC(=O)[C@H](N)Cc1ccccc1. The summed E-state index contributed by atoms with van der Waals surface area (Å²) in [4.78, 5) is 49.7. The van der Waals surface area contributed by atoms with E-state index in [0.717, 1.165) is 12.5 Å². The number of aliphatic hydroxyl groups excluding tert-OH is 3. The number of rotatable bonds is 11. The smallest absolute Gasteiger partial charge is 0.303 e. The first-order valence-corrected chi connectivity index (χ1v) is 14.5. The Kier molecular flexibility index (Phi) is 12.5. The van der Waals surface area contributed by atoms with Crippen molar-refractivity contribution in [1.29, 1.82) is 0 Å². The summed E-state index contributed by atoms with van der Waals surface area (Å²) < 4.78 is 22.9. The van der Waals surface area contributed by atoms with Crippen molar-refractivity contribution in [2.75, 3.05) is 13.2 Å². The maximum Gasteiger partial charge on any atom is 0.303 e. The molecule has 0 bridgehead atoms. The van der Waals surface area contributed by atoms with Gasteiger partial charge in [0.15, 0.2) is 12.2 Å². The van der Waals surface area contributed by atoms with Crippen LogP contribution in [-0.2, 0) is 44.5 Å². The number of hydrogen-bond acceptors (Lipinski definition) is 12. The minimum absolute atomic E-state index is 0.0538. The van der Waals surface area contributed by atoms with Gasteiger partial charge in [-0.25, -0.2) is 0 Å². The Morgan fingerprint density at radius 3 is 2.16 bits per heavy atom. The molecule has 0 aromatic heterocycles. The van der Waals surface area contributed by atoms with Gasteiger partial charge >= 0.3 is 17.9 Å². The normalized spacial score (nSPS) is 33.1. The summed E-state index contributed by atoms with van der Waals surface area (Å²) in [5.41, 5.74) is 7.06. The Hall–Kier alpha value is -3.10. The van der Waals surface area contributed by atoms with E-state index < -0.39 is 96.9 Å². The van der Waals surface area contributed by atoms with Gasteiger partial charge in [0, 0.05) is 44.9 Å². The minimum Gasteiger partial charge on any atom is -0.465 e. The van der Waals surface area contributed by atoms with Crippen LogP contribution in [0.3, 0.4) is 0 Å². The lowest BCUT2D eigenvalue weighted by Gasteiger charge is -2.48. The van der Waals surface area contributed by atoms with Gasteiger partial charge in [-0.05, 0) is 18.4 Å². The van der Waals surface area contributed by atoms with E-state index in [0.29, 0.717) is 0 Å². The van der Waals surface area contributed by atoms with Gasteiger partial charge in [-0.1, -0.05) is 37.3 Å². The van der Waals surface area contributed by atoms with Crippen LogP contribution in [0.2, 0.25) is 0 Å². The van der Waals surface area contributed by atoms with Crippen LogP contribution < -0.4 is 11.1 Å². The van der Waals surface area contributed by atoms with Gasteiger partial charge < -0.3 is 45.3 Å². The first kappa shape index (κ1) is 34.4. The van der Waals surface area contributed by atoms with Crippen molar-refractivity contribution in [1.82, 2.24) is 5.32 Å². The van der Waals surface area contributed by atoms with Gasteiger partial charge in [0.05, 0.1) is 49.7 Å². The predicted molar refractivity (Wildman–Crippen MR) is 151 cm³/mol. The van der Waals surface area contributed by atoms with E-state index in [9.17, 15) is 34.5 Å². The molecule has 6 N–H and O–H groups in total. The lowest BCUT2D eigenvalue weighted by atomic mass is 9.75. The Labute approximate surface area is 251 Å². The largest absolute Gasteiger partial charge is 0.465 e. The molecule has 1 amide bonds. The summed E-state index contributed by atoms with van der Waals surface area (Å²) >= 11 is 0. The molecule has 2 aliphatic carbocycles. The lowest BCUT2D eigenvalue weighted by Crippen LogP contribution is -2.65. The van der Waals surface area contributed by atoms with E-state index in [-0.39, 0.29) is 25.9 Å². The Bertz CT molecular complexity index is 1100. The molecule has 0 saturated heterocycles. The molecule has 13 nitrogen and oxygen atoms in total. The van der Waals surface area contributed by atoms with Gasteiger partial charge in [-0.2, -0.15) is 0 Å². The second-order valence-corrected chi connectivity index (χ2v) is 11.5. The van der Waals surface area contributed by atoms with Crippen molar-refractivity contribution >= 4 is 23.8 Å². The highest BCUT2D eigenvalue weighted by molar-refractivity contribution is 5.82. The zero-order valence-corrected chi connectivity index (χ0v) is 25.0.